The van der Waals surface area contributed by atoms with Gasteiger partial charge in [0.15, 0.2) is 5.78 Å². The average Bonchev–Trinajstić information content (AvgIpc) is 4.10. The van der Waals surface area contributed by atoms with Crippen LogP contribution >= 0.6 is 0 Å². The van der Waals surface area contributed by atoms with Crippen LogP contribution in [0.4, 0.5) is 0 Å². The summed E-state index contributed by atoms with van der Waals surface area (Å²) in [4.78, 5) is 33.4. The van der Waals surface area contributed by atoms with Gasteiger partial charge >= 0.3 is 0 Å². The molecule has 0 atom stereocenters. The van der Waals surface area contributed by atoms with E-state index in [0.29, 0.717) is 24.1 Å². The number of nitrogens with one attached hydrogen (secondary N) is 2. The largest absolute Gasteiger partial charge is 0.354 e. The Hall–Kier alpha value is -6.85. The number of hydrogen-bond donors (Lipinski definition) is 2. The zero-order valence-corrected chi connectivity index (χ0v) is 38.5. The van der Waals surface area contributed by atoms with Crippen molar-refractivity contribution in [2.75, 3.05) is 0 Å². The molecule has 2 aliphatic heterocycles. The van der Waals surface area contributed by atoms with Crippen LogP contribution in [0.3, 0.4) is 0 Å². The first-order chi connectivity index (χ1) is 30.5. The predicted octanol–water partition coefficient (Wildman–Crippen LogP) is 15.1. The third-order valence-electron chi connectivity index (χ3n) is 13.2. The molecule has 0 unspecified atom stereocenters. The Kier molecular flexibility index (Phi) is 9.75. The molecule has 5 heterocycles. The lowest BCUT2D eigenvalue weighted by atomic mass is 9.86. The van der Waals surface area contributed by atoms with Crippen LogP contribution < -0.4 is 0 Å². The molecule has 5 nitrogen and oxygen atoms in total. The minimum atomic E-state index is -0.0129. The van der Waals surface area contributed by atoms with Crippen molar-refractivity contribution in [3.8, 4) is 44.5 Å². The topological polar surface area (TPSA) is 74.4 Å². The molecule has 8 bridgehead atoms. The van der Waals surface area contributed by atoms with Crippen molar-refractivity contribution in [2.24, 2.45) is 0 Å². The SMILES string of the molecule is CC(C)(C)c1ccc(-c2c3nc(c(-c4ccc(C(C)(C)C)cc4)c4ccc([nH]4)c4c5nc(c(-c6ccc(C(C)(C)C)cc6)c6ccc2[nH]6)C=C5C(=O)CCc2ccccc2-4)C=C3)cc1. The third kappa shape index (κ3) is 7.37. The van der Waals surface area contributed by atoms with E-state index in [1.807, 2.05) is 6.08 Å². The Bertz CT molecular complexity index is 3240. The molecule has 0 spiro atoms. The molecule has 0 radical (unpaired) electrons. The van der Waals surface area contributed by atoms with E-state index >= 15 is 0 Å². The number of aromatic amines is 2. The van der Waals surface area contributed by atoms with Gasteiger partial charge in [-0.2, -0.15) is 0 Å². The normalized spacial score (nSPS) is 14.0. The number of aromatic nitrogens is 4. The van der Waals surface area contributed by atoms with Gasteiger partial charge in [0.2, 0.25) is 0 Å². The summed E-state index contributed by atoms with van der Waals surface area (Å²) in [6.07, 6.45) is 7.40. The Morgan fingerprint density at radius 3 is 1.28 bits per heavy atom. The van der Waals surface area contributed by atoms with Crippen molar-refractivity contribution in [1.82, 2.24) is 19.9 Å². The van der Waals surface area contributed by atoms with Gasteiger partial charge in [-0.05, 0) is 110 Å². The highest BCUT2D eigenvalue weighted by Crippen LogP contribution is 2.43. The molecule has 3 aliphatic rings. The van der Waals surface area contributed by atoms with E-state index in [4.69, 9.17) is 9.97 Å². The maximum absolute atomic E-state index is 14.5. The van der Waals surface area contributed by atoms with Crippen LogP contribution in [0.15, 0.2) is 121 Å². The number of carbonyl (C=O) groups is 1. The summed E-state index contributed by atoms with van der Waals surface area (Å²) >= 11 is 0. The van der Waals surface area contributed by atoms with Gasteiger partial charge in [-0.25, -0.2) is 9.97 Å². The standard InChI is InChI=1S/C59H56N4O/c1-57(2,3)39-21-14-36(15-22-39)52-44-27-28-45(60-44)53(37-16-23-40(24-17-37)58(4,5)6)47-31-32-49(62-47)55-42-13-11-10-12-35(42)20-33-51(64)43-34-50(63-56(43)55)54(48-30-29-46(52)61-48)38-18-25-41(26-19-38)59(7,8)9/h10-19,21-32,34,61-62H,20,33H2,1-9H3. The zero-order valence-electron chi connectivity index (χ0n) is 38.5. The number of H-pyrrole nitrogens is 2. The lowest BCUT2D eigenvalue weighted by Crippen LogP contribution is -2.10. The summed E-state index contributed by atoms with van der Waals surface area (Å²) in [5.74, 6) is 0.0915. The summed E-state index contributed by atoms with van der Waals surface area (Å²) < 4.78 is 0. The molecule has 318 valence electrons. The van der Waals surface area contributed by atoms with E-state index < -0.39 is 0 Å². The summed E-state index contributed by atoms with van der Waals surface area (Å²) in [7, 11) is 0. The van der Waals surface area contributed by atoms with E-state index in [1.54, 1.807) is 0 Å². The van der Waals surface area contributed by atoms with Gasteiger partial charge in [-0.1, -0.05) is 159 Å². The molecule has 1 aliphatic carbocycles. The number of benzene rings is 4. The van der Waals surface area contributed by atoms with E-state index in [2.05, 4.69) is 206 Å². The van der Waals surface area contributed by atoms with Crippen LogP contribution in [-0.2, 0) is 27.5 Å². The average molecular weight is 837 g/mol. The van der Waals surface area contributed by atoms with Gasteiger partial charge in [0, 0.05) is 56.3 Å². The Morgan fingerprint density at radius 1 is 0.438 bits per heavy atom. The smallest absolute Gasteiger partial charge is 0.165 e. The van der Waals surface area contributed by atoms with Crippen molar-refractivity contribution >= 4 is 51.7 Å². The van der Waals surface area contributed by atoms with Gasteiger partial charge in [0.1, 0.15) is 0 Å². The van der Waals surface area contributed by atoms with Crippen LogP contribution in [-0.4, -0.2) is 25.7 Å². The third-order valence-corrected chi connectivity index (χ3v) is 13.2. The van der Waals surface area contributed by atoms with Crippen molar-refractivity contribution in [2.45, 2.75) is 91.4 Å². The van der Waals surface area contributed by atoms with E-state index in [9.17, 15) is 4.79 Å². The molecule has 4 aromatic carbocycles. The molecule has 10 rings (SSSR count). The van der Waals surface area contributed by atoms with E-state index in [-0.39, 0.29) is 22.0 Å². The molecular formula is C59H56N4O. The van der Waals surface area contributed by atoms with Gasteiger partial charge in [-0.3, -0.25) is 4.79 Å². The summed E-state index contributed by atoms with van der Waals surface area (Å²) in [6.45, 7) is 20.2. The van der Waals surface area contributed by atoms with E-state index in [0.717, 1.165) is 89.2 Å². The minimum Gasteiger partial charge on any atom is -0.354 e. The summed E-state index contributed by atoms with van der Waals surface area (Å²) in [5.41, 5.74) is 20.5. The fourth-order valence-electron chi connectivity index (χ4n) is 9.46. The molecule has 2 N–H and O–H groups in total. The highest BCUT2D eigenvalue weighted by Gasteiger charge is 2.29. The van der Waals surface area contributed by atoms with Gasteiger partial charge < -0.3 is 9.97 Å². The van der Waals surface area contributed by atoms with Crippen molar-refractivity contribution in [1.29, 1.82) is 0 Å². The van der Waals surface area contributed by atoms with Crippen LogP contribution in [0.2, 0.25) is 0 Å². The van der Waals surface area contributed by atoms with Crippen LogP contribution in [0.1, 0.15) is 114 Å². The first-order valence-electron chi connectivity index (χ1n) is 22.7. The molecule has 7 aromatic rings. The Labute approximate surface area is 377 Å². The van der Waals surface area contributed by atoms with Crippen LogP contribution in [0, 0.1) is 0 Å². The van der Waals surface area contributed by atoms with Gasteiger partial charge in [0.25, 0.3) is 0 Å². The second-order valence-corrected chi connectivity index (χ2v) is 20.8. The molecule has 3 aromatic heterocycles. The zero-order chi connectivity index (χ0) is 44.7. The van der Waals surface area contributed by atoms with Crippen LogP contribution in [0.5, 0.6) is 0 Å². The number of aryl methyl sites for hydroxylation is 1. The van der Waals surface area contributed by atoms with Crippen LogP contribution in [0.25, 0.3) is 90.4 Å². The van der Waals surface area contributed by atoms with Crippen molar-refractivity contribution in [3.05, 3.63) is 166 Å². The molecule has 0 amide bonds. The fraction of sp³-hybridized carbons (Fsp3) is 0.237. The van der Waals surface area contributed by atoms with Gasteiger partial charge in [-0.15, -0.1) is 0 Å². The molecular weight excluding hydrogens is 781 g/mol. The number of carbonyl (C=O) groups excluding carboxylic acids is 1. The summed E-state index contributed by atoms with van der Waals surface area (Å²) in [6, 6.07) is 43.8. The number of nitrogens with zero attached hydrogens (tertiary/aromatic N) is 2. The molecule has 0 saturated carbocycles. The molecule has 5 heteroatoms. The lowest BCUT2D eigenvalue weighted by Gasteiger charge is -2.19. The second-order valence-electron chi connectivity index (χ2n) is 20.8. The predicted molar refractivity (Wildman–Crippen MR) is 269 cm³/mol. The maximum Gasteiger partial charge on any atom is 0.165 e. The number of hydrogen-bond acceptors (Lipinski definition) is 3. The summed E-state index contributed by atoms with van der Waals surface area (Å²) in [5, 5.41) is 0. The Balaban J connectivity index is 1.38. The quantitative estimate of drug-likeness (QED) is 0.186. The van der Waals surface area contributed by atoms with Crippen molar-refractivity contribution < 1.29 is 4.79 Å². The first-order valence-corrected chi connectivity index (χ1v) is 22.7. The number of fused-ring (bicyclic) bond motifs is 10. The fourth-order valence-corrected chi connectivity index (χ4v) is 9.46. The molecule has 0 fully saturated rings. The molecule has 0 saturated heterocycles. The lowest BCUT2D eigenvalue weighted by molar-refractivity contribution is -0.113. The minimum absolute atomic E-state index is 0.00619. The monoisotopic (exact) mass is 836 g/mol. The number of Topliss-reactive ketones (excluding diaryl/α,β-unsaturated/α-hetero) is 1. The first kappa shape index (κ1) is 41.2. The highest BCUT2D eigenvalue weighted by molar-refractivity contribution is 6.28. The Morgan fingerprint density at radius 2 is 0.844 bits per heavy atom. The number of rotatable bonds is 3. The number of ketones is 1. The van der Waals surface area contributed by atoms with E-state index in [1.165, 1.54) is 16.7 Å². The van der Waals surface area contributed by atoms with Crippen molar-refractivity contribution in [3.63, 3.8) is 0 Å². The second kappa shape index (κ2) is 15.2. The van der Waals surface area contributed by atoms with Gasteiger partial charge in [0.05, 0.1) is 22.8 Å². The number of allylic oxidation sites excluding steroid dienone is 1. The molecule has 64 heavy (non-hydrogen) atoms. The highest BCUT2D eigenvalue weighted by atomic mass is 16.1. The maximum atomic E-state index is 14.5.